The van der Waals surface area contributed by atoms with E-state index in [2.05, 4.69) is 17.6 Å². The summed E-state index contributed by atoms with van der Waals surface area (Å²) in [5.74, 6) is -1.54. The molecule has 0 radical (unpaired) electrons. The Kier molecular flexibility index (Phi) is 6.82. The molecule has 1 atom stereocenters. The molecule has 0 aromatic heterocycles. The average molecular weight is 476 g/mol. The normalized spacial score (nSPS) is 18.9. The number of anilines is 1. The van der Waals surface area contributed by atoms with E-state index in [1.54, 1.807) is 31.2 Å². The van der Waals surface area contributed by atoms with Gasteiger partial charge in [0.15, 0.2) is 11.6 Å². The van der Waals surface area contributed by atoms with Gasteiger partial charge < -0.3 is 10.6 Å². The molecule has 2 aromatic carbocycles. The number of hydrogen-bond acceptors (Lipinski definition) is 5. The lowest BCUT2D eigenvalue weighted by atomic mass is 9.84. The fraction of sp³-hybridized carbons (Fsp3) is 0.370. The third-order valence-electron chi connectivity index (χ3n) is 6.64. The first-order valence-corrected chi connectivity index (χ1v) is 12.0. The van der Waals surface area contributed by atoms with Gasteiger partial charge in [-0.3, -0.25) is 24.1 Å². The minimum absolute atomic E-state index is 0.206. The van der Waals surface area contributed by atoms with Crippen LogP contribution in [0.5, 0.6) is 0 Å². The van der Waals surface area contributed by atoms with Crippen molar-refractivity contribution in [3.63, 3.8) is 0 Å². The minimum atomic E-state index is -1.02. The summed E-state index contributed by atoms with van der Waals surface area (Å²) >= 11 is 0. The number of nitrogens with zero attached hydrogens (tertiary/aromatic N) is 1. The first kappa shape index (κ1) is 24.3. The van der Waals surface area contributed by atoms with Gasteiger partial charge in [0.25, 0.3) is 5.91 Å². The Hall–Kier alpha value is -3.81. The van der Waals surface area contributed by atoms with E-state index in [0.717, 1.165) is 37.0 Å². The topological polar surface area (TPSA) is 113 Å². The molecule has 8 heteroatoms. The highest BCUT2D eigenvalue weighted by atomic mass is 16.2. The fourth-order valence-electron chi connectivity index (χ4n) is 4.66. The summed E-state index contributed by atoms with van der Waals surface area (Å²) in [6.07, 6.45) is 5.66. The summed E-state index contributed by atoms with van der Waals surface area (Å²) in [4.78, 5) is 64.6. The van der Waals surface area contributed by atoms with E-state index in [-0.39, 0.29) is 22.7 Å². The Morgan fingerprint density at radius 2 is 1.51 bits per heavy atom. The lowest BCUT2D eigenvalue weighted by Crippen LogP contribution is -2.44. The molecule has 1 heterocycles. The van der Waals surface area contributed by atoms with E-state index in [4.69, 9.17) is 0 Å². The number of hydrogen-bond donors (Lipinski definition) is 2. The number of ketones is 2. The van der Waals surface area contributed by atoms with Crippen molar-refractivity contribution in [2.45, 2.75) is 57.9 Å². The van der Waals surface area contributed by atoms with Crippen LogP contribution in [0.4, 0.5) is 10.5 Å². The Morgan fingerprint density at radius 1 is 0.886 bits per heavy atom. The monoisotopic (exact) mass is 475 g/mol. The molecular weight excluding hydrogens is 446 g/mol. The fourth-order valence-corrected chi connectivity index (χ4v) is 4.66. The van der Waals surface area contributed by atoms with Gasteiger partial charge in [0.05, 0.1) is 0 Å². The molecule has 4 rings (SSSR count). The lowest BCUT2D eigenvalue weighted by Gasteiger charge is -2.21. The number of urea groups is 1. The van der Waals surface area contributed by atoms with E-state index in [9.17, 15) is 24.0 Å². The smallest absolute Gasteiger partial charge is 0.325 e. The highest BCUT2D eigenvalue weighted by Crippen LogP contribution is 2.29. The van der Waals surface area contributed by atoms with E-state index in [0.29, 0.717) is 23.2 Å². The largest absolute Gasteiger partial charge is 0.325 e. The zero-order valence-electron chi connectivity index (χ0n) is 20.0. The van der Waals surface area contributed by atoms with Gasteiger partial charge in [0, 0.05) is 27.9 Å². The quantitative estimate of drug-likeness (QED) is 0.358. The summed E-state index contributed by atoms with van der Waals surface area (Å²) in [5, 5.41) is 5.36. The van der Waals surface area contributed by atoms with Crippen LogP contribution in [0.25, 0.3) is 0 Å². The summed E-state index contributed by atoms with van der Waals surface area (Å²) in [7, 11) is 0. The van der Waals surface area contributed by atoms with Crippen LogP contribution in [-0.2, 0) is 9.59 Å². The molecule has 1 unspecified atom stereocenters. The summed E-state index contributed by atoms with van der Waals surface area (Å²) in [5.41, 5.74) is 0.443. The Morgan fingerprint density at radius 3 is 2.20 bits per heavy atom. The van der Waals surface area contributed by atoms with Crippen LogP contribution in [-0.4, -0.2) is 46.4 Å². The predicted octanol–water partition coefficient (Wildman–Crippen LogP) is 4.07. The van der Waals surface area contributed by atoms with E-state index >= 15 is 0 Å². The molecule has 0 spiro atoms. The number of benzene rings is 2. The number of carbonyl (C=O) groups excluding carboxylic acids is 5. The third kappa shape index (κ3) is 4.73. The SMILES string of the molecule is CCCCCCCC1(C)NC(=O)N(CC(=O)Nc2ccc3c(c2)C(=O)c2ccccc2C3=O)C1=O. The highest BCUT2D eigenvalue weighted by molar-refractivity contribution is 6.28. The molecule has 2 N–H and O–H groups in total. The third-order valence-corrected chi connectivity index (χ3v) is 6.64. The molecule has 182 valence electrons. The molecule has 4 amide bonds. The van der Waals surface area contributed by atoms with E-state index in [1.807, 2.05) is 0 Å². The Labute approximate surface area is 204 Å². The molecule has 2 aliphatic rings. The van der Waals surface area contributed by atoms with Gasteiger partial charge in [0.2, 0.25) is 5.91 Å². The molecule has 1 fully saturated rings. The first-order chi connectivity index (χ1) is 16.7. The van der Waals surface area contributed by atoms with Gasteiger partial charge in [0.1, 0.15) is 12.1 Å². The number of imide groups is 1. The van der Waals surface area contributed by atoms with Gasteiger partial charge in [-0.1, -0.05) is 63.3 Å². The van der Waals surface area contributed by atoms with Gasteiger partial charge in [-0.25, -0.2) is 4.79 Å². The van der Waals surface area contributed by atoms with Gasteiger partial charge in [-0.2, -0.15) is 0 Å². The van der Waals surface area contributed by atoms with Gasteiger partial charge in [-0.05, 0) is 31.5 Å². The predicted molar refractivity (Wildman–Crippen MR) is 130 cm³/mol. The van der Waals surface area contributed by atoms with Crippen molar-refractivity contribution < 1.29 is 24.0 Å². The molecular formula is C27H29N3O5. The zero-order chi connectivity index (χ0) is 25.2. The lowest BCUT2D eigenvalue weighted by molar-refractivity contribution is -0.133. The van der Waals surface area contributed by atoms with Crippen molar-refractivity contribution in [1.29, 1.82) is 0 Å². The molecule has 1 saturated heterocycles. The van der Waals surface area contributed by atoms with Crippen LogP contribution < -0.4 is 10.6 Å². The van der Waals surface area contributed by atoms with E-state index < -0.39 is 29.9 Å². The molecule has 0 saturated carbocycles. The second-order valence-corrected chi connectivity index (χ2v) is 9.33. The number of unbranched alkanes of at least 4 members (excludes halogenated alkanes) is 4. The zero-order valence-corrected chi connectivity index (χ0v) is 20.0. The summed E-state index contributed by atoms with van der Waals surface area (Å²) in [6.45, 7) is 3.38. The molecule has 8 nitrogen and oxygen atoms in total. The van der Waals surface area contributed by atoms with Crippen LogP contribution in [0.2, 0.25) is 0 Å². The molecule has 35 heavy (non-hydrogen) atoms. The number of rotatable bonds is 9. The average Bonchev–Trinajstić information content (AvgIpc) is 3.05. The van der Waals surface area contributed by atoms with Crippen molar-refractivity contribution in [1.82, 2.24) is 10.2 Å². The minimum Gasteiger partial charge on any atom is -0.325 e. The van der Waals surface area contributed by atoms with Crippen LogP contribution in [0.15, 0.2) is 42.5 Å². The van der Waals surface area contributed by atoms with Crippen molar-refractivity contribution in [2.24, 2.45) is 0 Å². The molecule has 1 aliphatic heterocycles. The number of fused-ring (bicyclic) bond motifs is 2. The van der Waals surface area contributed by atoms with Crippen molar-refractivity contribution in [3.8, 4) is 0 Å². The number of carbonyl (C=O) groups is 5. The Bertz CT molecular complexity index is 1220. The Balaban J connectivity index is 1.41. The maximum Gasteiger partial charge on any atom is 0.325 e. The summed E-state index contributed by atoms with van der Waals surface area (Å²) < 4.78 is 0. The number of nitrogens with one attached hydrogen (secondary N) is 2. The van der Waals surface area contributed by atoms with Crippen LogP contribution >= 0.6 is 0 Å². The second kappa shape index (κ2) is 9.82. The van der Waals surface area contributed by atoms with E-state index in [1.165, 1.54) is 18.2 Å². The van der Waals surface area contributed by atoms with Crippen LogP contribution in [0.1, 0.15) is 84.2 Å². The number of amides is 4. The van der Waals surface area contributed by atoms with Gasteiger partial charge >= 0.3 is 6.03 Å². The van der Waals surface area contributed by atoms with Crippen molar-refractivity contribution in [2.75, 3.05) is 11.9 Å². The first-order valence-electron chi connectivity index (χ1n) is 12.0. The summed E-state index contributed by atoms with van der Waals surface area (Å²) in [6, 6.07) is 10.5. The highest BCUT2D eigenvalue weighted by Gasteiger charge is 2.47. The maximum absolute atomic E-state index is 12.9. The van der Waals surface area contributed by atoms with Crippen LogP contribution in [0, 0.1) is 0 Å². The molecule has 1 aliphatic carbocycles. The van der Waals surface area contributed by atoms with Crippen molar-refractivity contribution >= 4 is 35.1 Å². The molecule has 0 bridgehead atoms. The standard InChI is InChI=1S/C27H29N3O5/c1-3-4-5-6-9-14-27(2)25(34)30(26(35)29-27)16-22(31)28-17-12-13-20-21(15-17)24(33)19-11-8-7-10-18(19)23(20)32/h7-8,10-13,15H,3-6,9,14,16H2,1-2H3,(H,28,31)(H,29,35). The maximum atomic E-state index is 12.9. The molecule has 2 aromatic rings. The second-order valence-electron chi connectivity index (χ2n) is 9.33. The van der Waals surface area contributed by atoms with Gasteiger partial charge in [-0.15, -0.1) is 0 Å². The van der Waals surface area contributed by atoms with Crippen molar-refractivity contribution in [3.05, 3.63) is 64.7 Å². The van der Waals surface area contributed by atoms with Crippen LogP contribution in [0.3, 0.4) is 0 Å².